The number of sulfone groups is 1. The molecule has 6 heteroatoms. The van der Waals surface area contributed by atoms with Crippen LogP contribution in [0, 0.1) is 0 Å². The van der Waals surface area contributed by atoms with E-state index >= 15 is 0 Å². The number of hydrogen-bond donors (Lipinski definition) is 1. The van der Waals surface area contributed by atoms with Gasteiger partial charge in [0.25, 0.3) is 5.91 Å². The Labute approximate surface area is 140 Å². The summed E-state index contributed by atoms with van der Waals surface area (Å²) in [7, 11) is -3.47. The molecule has 120 valence electrons. The first-order valence-corrected chi connectivity index (χ1v) is 9.48. The van der Waals surface area contributed by atoms with E-state index < -0.39 is 9.84 Å². The molecule has 0 radical (unpaired) electrons. The van der Waals surface area contributed by atoms with E-state index in [9.17, 15) is 13.2 Å². The Morgan fingerprint density at radius 2 is 1.87 bits per heavy atom. The maximum atomic E-state index is 12.3. The van der Waals surface area contributed by atoms with Crippen molar-refractivity contribution < 1.29 is 13.2 Å². The standard InChI is InChI=1S/C17H16ClNO3S/c1-23(21,22)16-9-12(7-8-14(16)18)17(20)19-15-10-13(15)11-5-3-2-4-6-11/h2-9,13,15H,10H2,1H3,(H,19,20). The second-order valence-electron chi connectivity index (χ2n) is 5.75. The second kappa shape index (κ2) is 5.98. The smallest absolute Gasteiger partial charge is 0.251 e. The number of halogens is 1. The molecule has 0 aromatic heterocycles. The van der Waals surface area contributed by atoms with Crippen LogP contribution in [0.1, 0.15) is 28.3 Å². The van der Waals surface area contributed by atoms with Gasteiger partial charge < -0.3 is 5.32 Å². The molecule has 1 N–H and O–H groups in total. The Hall–Kier alpha value is -1.85. The Kier molecular flexibility index (Phi) is 4.17. The van der Waals surface area contributed by atoms with Gasteiger partial charge in [0.05, 0.1) is 9.92 Å². The van der Waals surface area contributed by atoms with Gasteiger partial charge in [-0.1, -0.05) is 41.9 Å². The summed E-state index contributed by atoms with van der Waals surface area (Å²) in [5, 5.41) is 3.06. The summed E-state index contributed by atoms with van der Waals surface area (Å²) in [6.45, 7) is 0. The molecule has 1 amide bonds. The van der Waals surface area contributed by atoms with E-state index in [1.165, 1.54) is 23.8 Å². The SMILES string of the molecule is CS(=O)(=O)c1cc(C(=O)NC2CC2c2ccccc2)ccc1Cl. The van der Waals surface area contributed by atoms with Gasteiger partial charge in [0.15, 0.2) is 9.84 Å². The maximum absolute atomic E-state index is 12.3. The summed E-state index contributed by atoms with van der Waals surface area (Å²) in [5.41, 5.74) is 1.50. The molecule has 2 unspecified atom stereocenters. The van der Waals surface area contributed by atoms with Crippen molar-refractivity contribution >= 4 is 27.3 Å². The summed E-state index contributed by atoms with van der Waals surface area (Å²) in [6, 6.07) is 14.4. The highest BCUT2D eigenvalue weighted by molar-refractivity contribution is 7.90. The molecule has 2 aromatic carbocycles. The summed E-state index contributed by atoms with van der Waals surface area (Å²) in [4.78, 5) is 12.3. The van der Waals surface area contributed by atoms with Crippen molar-refractivity contribution in [3.8, 4) is 0 Å². The second-order valence-corrected chi connectivity index (χ2v) is 8.14. The van der Waals surface area contributed by atoms with Gasteiger partial charge in [-0.25, -0.2) is 8.42 Å². The lowest BCUT2D eigenvalue weighted by molar-refractivity contribution is 0.0950. The zero-order valence-electron chi connectivity index (χ0n) is 12.5. The zero-order chi connectivity index (χ0) is 16.6. The fourth-order valence-corrected chi connectivity index (χ4v) is 3.90. The van der Waals surface area contributed by atoms with Crippen LogP contribution in [0.5, 0.6) is 0 Å². The molecule has 0 saturated heterocycles. The van der Waals surface area contributed by atoms with Gasteiger partial charge in [-0.3, -0.25) is 4.79 Å². The van der Waals surface area contributed by atoms with Crippen molar-refractivity contribution in [3.63, 3.8) is 0 Å². The fourth-order valence-electron chi connectivity index (χ4n) is 2.60. The van der Waals surface area contributed by atoms with Crippen molar-refractivity contribution in [2.24, 2.45) is 0 Å². The van der Waals surface area contributed by atoms with Crippen LogP contribution in [-0.2, 0) is 9.84 Å². The summed E-state index contributed by atoms with van der Waals surface area (Å²) in [5.74, 6) is 0.0387. The Morgan fingerprint density at radius 1 is 1.17 bits per heavy atom. The third-order valence-corrected chi connectivity index (χ3v) is 5.51. The van der Waals surface area contributed by atoms with Crippen LogP contribution >= 0.6 is 11.6 Å². The van der Waals surface area contributed by atoms with E-state index in [2.05, 4.69) is 5.32 Å². The predicted octanol–water partition coefficient (Wildman–Crippen LogP) is 3.03. The van der Waals surface area contributed by atoms with Gasteiger partial charge in [0.1, 0.15) is 0 Å². The molecule has 1 fully saturated rings. The Morgan fingerprint density at radius 3 is 2.52 bits per heavy atom. The molecule has 2 atom stereocenters. The van der Waals surface area contributed by atoms with E-state index in [0.29, 0.717) is 11.5 Å². The normalized spacial score (nSPS) is 20.1. The van der Waals surface area contributed by atoms with Gasteiger partial charge in [-0.2, -0.15) is 0 Å². The lowest BCUT2D eigenvalue weighted by Crippen LogP contribution is -2.26. The van der Waals surface area contributed by atoms with Crippen molar-refractivity contribution in [1.29, 1.82) is 0 Å². The molecular formula is C17H16ClNO3S. The van der Waals surface area contributed by atoms with Crippen molar-refractivity contribution in [2.45, 2.75) is 23.3 Å². The average Bonchev–Trinajstić information content (AvgIpc) is 3.26. The van der Waals surface area contributed by atoms with Crippen LogP contribution in [0.4, 0.5) is 0 Å². The number of nitrogens with one attached hydrogen (secondary N) is 1. The van der Waals surface area contributed by atoms with E-state index in [1.54, 1.807) is 0 Å². The maximum Gasteiger partial charge on any atom is 0.251 e. The summed E-state index contributed by atoms with van der Waals surface area (Å²) >= 11 is 5.90. The van der Waals surface area contributed by atoms with Gasteiger partial charge in [0.2, 0.25) is 0 Å². The Balaban J connectivity index is 1.73. The minimum atomic E-state index is -3.47. The molecule has 3 rings (SSSR count). The lowest BCUT2D eigenvalue weighted by Gasteiger charge is -2.08. The molecule has 0 aliphatic heterocycles. The molecule has 0 bridgehead atoms. The zero-order valence-corrected chi connectivity index (χ0v) is 14.1. The van der Waals surface area contributed by atoms with Crippen LogP contribution in [0.3, 0.4) is 0 Å². The molecule has 1 saturated carbocycles. The van der Waals surface area contributed by atoms with E-state index in [0.717, 1.165) is 12.7 Å². The molecule has 0 spiro atoms. The summed E-state index contributed by atoms with van der Waals surface area (Å²) in [6.07, 6.45) is 1.96. The number of carbonyl (C=O) groups excluding carboxylic acids is 1. The van der Waals surface area contributed by atoms with Gasteiger partial charge in [-0.05, 0) is 30.2 Å². The number of amides is 1. The predicted molar refractivity (Wildman–Crippen MR) is 89.6 cm³/mol. The number of benzene rings is 2. The van der Waals surface area contributed by atoms with Crippen LogP contribution in [0.2, 0.25) is 5.02 Å². The van der Waals surface area contributed by atoms with Crippen LogP contribution < -0.4 is 5.32 Å². The highest BCUT2D eigenvalue weighted by Gasteiger charge is 2.39. The van der Waals surface area contributed by atoms with E-state index in [4.69, 9.17) is 11.6 Å². The van der Waals surface area contributed by atoms with Crippen LogP contribution in [0.25, 0.3) is 0 Å². The van der Waals surface area contributed by atoms with Gasteiger partial charge in [-0.15, -0.1) is 0 Å². The summed E-state index contributed by atoms with van der Waals surface area (Å²) < 4.78 is 23.4. The number of hydrogen-bond acceptors (Lipinski definition) is 3. The first-order valence-electron chi connectivity index (χ1n) is 7.21. The highest BCUT2D eigenvalue weighted by atomic mass is 35.5. The molecule has 23 heavy (non-hydrogen) atoms. The molecule has 2 aromatic rings. The first-order chi connectivity index (χ1) is 10.9. The Bertz CT molecular complexity index is 849. The third kappa shape index (κ3) is 3.57. The first kappa shape index (κ1) is 16.0. The van der Waals surface area contributed by atoms with Gasteiger partial charge in [0, 0.05) is 23.8 Å². The van der Waals surface area contributed by atoms with Gasteiger partial charge >= 0.3 is 0 Å². The van der Waals surface area contributed by atoms with Crippen LogP contribution in [-0.4, -0.2) is 26.6 Å². The van der Waals surface area contributed by atoms with E-state index in [1.807, 2.05) is 30.3 Å². The third-order valence-electron chi connectivity index (χ3n) is 3.93. The molecule has 4 nitrogen and oxygen atoms in total. The topological polar surface area (TPSA) is 63.2 Å². The highest BCUT2D eigenvalue weighted by Crippen LogP contribution is 2.40. The molecule has 0 heterocycles. The van der Waals surface area contributed by atoms with Crippen molar-refractivity contribution in [3.05, 3.63) is 64.7 Å². The van der Waals surface area contributed by atoms with Crippen LogP contribution in [0.15, 0.2) is 53.4 Å². The van der Waals surface area contributed by atoms with Crippen molar-refractivity contribution in [1.82, 2.24) is 5.32 Å². The molecular weight excluding hydrogens is 334 g/mol. The van der Waals surface area contributed by atoms with Crippen molar-refractivity contribution in [2.75, 3.05) is 6.26 Å². The largest absolute Gasteiger partial charge is 0.349 e. The number of rotatable bonds is 4. The minimum Gasteiger partial charge on any atom is -0.349 e. The monoisotopic (exact) mass is 349 g/mol. The average molecular weight is 350 g/mol. The minimum absolute atomic E-state index is 0.0257. The quantitative estimate of drug-likeness (QED) is 0.922. The number of carbonyl (C=O) groups is 1. The molecule has 1 aliphatic rings. The fraction of sp³-hybridized carbons (Fsp3) is 0.235. The van der Waals surface area contributed by atoms with E-state index in [-0.39, 0.29) is 21.9 Å². The lowest BCUT2D eigenvalue weighted by atomic mass is 10.1. The molecule has 1 aliphatic carbocycles.